The summed E-state index contributed by atoms with van der Waals surface area (Å²) in [6.07, 6.45) is 0. The Balaban J connectivity index is 1.85. The topological polar surface area (TPSA) is 75.7 Å². The summed E-state index contributed by atoms with van der Waals surface area (Å²) in [6.45, 7) is 4.05. The van der Waals surface area contributed by atoms with Crippen LogP contribution in [0.15, 0.2) is 42.5 Å². The number of imide groups is 1. The number of amides is 3. The molecular formula is C21H22N2O4. The molecule has 1 unspecified atom stereocenters. The van der Waals surface area contributed by atoms with E-state index in [2.05, 4.69) is 5.32 Å². The van der Waals surface area contributed by atoms with Gasteiger partial charge in [0.05, 0.1) is 24.3 Å². The highest BCUT2D eigenvalue weighted by molar-refractivity contribution is 6.21. The Labute approximate surface area is 158 Å². The first-order chi connectivity index (χ1) is 12.8. The fourth-order valence-corrected chi connectivity index (χ4v) is 3.17. The van der Waals surface area contributed by atoms with E-state index >= 15 is 0 Å². The molecule has 2 aromatic carbocycles. The van der Waals surface area contributed by atoms with Crippen LogP contribution < -0.4 is 10.1 Å². The molecule has 0 spiro atoms. The molecule has 0 saturated heterocycles. The predicted octanol–water partition coefficient (Wildman–Crippen LogP) is 3.05. The molecule has 1 aliphatic rings. The molecule has 1 atom stereocenters. The van der Waals surface area contributed by atoms with E-state index in [1.807, 2.05) is 38.1 Å². The molecule has 0 saturated carbocycles. The van der Waals surface area contributed by atoms with E-state index in [1.54, 1.807) is 13.2 Å². The minimum absolute atomic E-state index is 0.158. The van der Waals surface area contributed by atoms with Crippen molar-refractivity contribution in [3.8, 4) is 5.75 Å². The first-order valence-electron chi connectivity index (χ1n) is 8.74. The molecule has 1 aliphatic heterocycles. The van der Waals surface area contributed by atoms with Gasteiger partial charge in [-0.25, -0.2) is 0 Å². The molecule has 0 aromatic heterocycles. The van der Waals surface area contributed by atoms with E-state index in [-0.39, 0.29) is 35.2 Å². The van der Waals surface area contributed by atoms with E-state index in [1.165, 1.54) is 19.2 Å². The van der Waals surface area contributed by atoms with Gasteiger partial charge in [-0.05, 0) is 41.8 Å². The summed E-state index contributed by atoms with van der Waals surface area (Å²) in [6, 6.07) is 11.9. The summed E-state index contributed by atoms with van der Waals surface area (Å²) in [7, 11) is 3.04. The van der Waals surface area contributed by atoms with E-state index in [4.69, 9.17) is 4.74 Å². The average molecular weight is 366 g/mol. The predicted molar refractivity (Wildman–Crippen MR) is 101 cm³/mol. The lowest BCUT2D eigenvalue weighted by atomic mass is 9.95. The third-order valence-corrected chi connectivity index (χ3v) is 4.78. The van der Waals surface area contributed by atoms with E-state index in [9.17, 15) is 14.4 Å². The number of rotatable bonds is 5. The number of hydrogen-bond acceptors (Lipinski definition) is 4. The number of carbonyl (C=O) groups excluding carboxylic acids is 3. The van der Waals surface area contributed by atoms with Gasteiger partial charge >= 0.3 is 0 Å². The van der Waals surface area contributed by atoms with Gasteiger partial charge in [-0.3, -0.25) is 19.3 Å². The normalized spacial score (nSPS) is 14.3. The van der Waals surface area contributed by atoms with Gasteiger partial charge < -0.3 is 10.1 Å². The molecule has 3 amide bonds. The van der Waals surface area contributed by atoms with Gasteiger partial charge in [0.1, 0.15) is 5.75 Å². The quantitative estimate of drug-likeness (QED) is 0.825. The molecule has 2 aromatic rings. The highest BCUT2D eigenvalue weighted by Crippen LogP contribution is 2.26. The van der Waals surface area contributed by atoms with Crippen molar-refractivity contribution in [3.05, 3.63) is 64.7 Å². The number of nitrogens with one attached hydrogen (secondary N) is 1. The maximum absolute atomic E-state index is 12.8. The van der Waals surface area contributed by atoms with Gasteiger partial charge in [0, 0.05) is 12.6 Å². The van der Waals surface area contributed by atoms with E-state index in [0.717, 1.165) is 16.2 Å². The molecule has 0 radical (unpaired) electrons. The van der Waals surface area contributed by atoms with Crippen molar-refractivity contribution in [2.24, 2.45) is 5.92 Å². The van der Waals surface area contributed by atoms with Crippen LogP contribution in [-0.4, -0.2) is 36.8 Å². The minimum Gasteiger partial charge on any atom is -0.497 e. The molecule has 1 heterocycles. The lowest BCUT2D eigenvalue weighted by Gasteiger charge is -2.23. The van der Waals surface area contributed by atoms with Crippen molar-refractivity contribution < 1.29 is 19.1 Å². The van der Waals surface area contributed by atoms with Crippen LogP contribution in [0.4, 0.5) is 0 Å². The third-order valence-electron chi connectivity index (χ3n) is 4.78. The van der Waals surface area contributed by atoms with Gasteiger partial charge in [-0.15, -0.1) is 0 Å². The second-order valence-electron chi connectivity index (χ2n) is 6.90. The van der Waals surface area contributed by atoms with Crippen LogP contribution in [0.2, 0.25) is 0 Å². The maximum atomic E-state index is 12.8. The number of nitrogens with zero attached hydrogens (tertiary/aromatic N) is 1. The summed E-state index contributed by atoms with van der Waals surface area (Å²) in [5.41, 5.74) is 1.91. The zero-order valence-corrected chi connectivity index (χ0v) is 15.8. The van der Waals surface area contributed by atoms with E-state index in [0.29, 0.717) is 11.1 Å². The maximum Gasteiger partial charge on any atom is 0.261 e. The lowest BCUT2D eigenvalue weighted by Crippen LogP contribution is -2.31. The zero-order valence-electron chi connectivity index (χ0n) is 15.8. The molecule has 140 valence electrons. The number of benzene rings is 2. The minimum atomic E-state index is -0.389. The van der Waals surface area contributed by atoms with Crippen LogP contribution in [0.3, 0.4) is 0 Å². The highest BCUT2D eigenvalue weighted by atomic mass is 16.5. The van der Waals surface area contributed by atoms with Crippen LogP contribution in [-0.2, 0) is 0 Å². The van der Waals surface area contributed by atoms with Gasteiger partial charge in [0.25, 0.3) is 17.7 Å². The smallest absolute Gasteiger partial charge is 0.261 e. The Bertz CT molecular complexity index is 903. The number of methoxy groups -OCH3 is 1. The third kappa shape index (κ3) is 3.43. The van der Waals surface area contributed by atoms with Crippen molar-refractivity contribution >= 4 is 17.7 Å². The summed E-state index contributed by atoms with van der Waals surface area (Å²) >= 11 is 0. The standard InChI is InChI=1S/C21H22N2O4/c1-12(2)18(13-5-8-15(27-4)9-6-13)22-19(24)14-7-10-16-17(11-14)21(26)23(3)20(16)25/h5-12,18H,1-4H3,(H,22,24). The van der Waals surface area contributed by atoms with Crippen LogP contribution in [0.5, 0.6) is 5.75 Å². The van der Waals surface area contributed by atoms with Crippen molar-refractivity contribution in [1.29, 1.82) is 0 Å². The largest absolute Gasteiger partial charge is 0.497 e. The number of carbonyl (C=O) groups is 3. The number of hydrogen-bond donors (Lipinski definition) is 1. The molecule has 0 bridgehead atoms. The Morgan fingerprint density at radius 3 is 2.22 bits per heavy atom. The average Bonchev–Trinajstić information content (AvgIpc) is 2.89. The van der Waals surface area contributed by atoms with Crippen molar-refractivity contribution in [3.63, 3.8) is 0 Å². The Hall–Kier alpha value is -3.15. The van der Waals surface area contributed by atoms with Gasteiger partial charge in [0.15, 0.2) is 0 Å². The Morgan fingerprint density at radius 1 is 1.00 bits per heavy atom. The number of fused-ring (bicyclic) bond motifs is 1. The van der Waals surface area contributed by atoms with Crippen LogP contribution in [0, 0.1) is 5.92 Å². The van der Waals surface area contributed by atoms with Crippen molar-refractivity contribution in [2.75, 3.05) is 14.2 Å². The van der Waals surface area contributed by atoms with Crippen LogP contribution in [0.1, 0.15) is 56.5 Å². The summed E-state index contributed by atoms with van der Waals surface area (Å²) < 4.78 is 5.18. The molecule has 27 heavy (non-hydrogen) atoms. The molecule has 6 heteroatoms. The highest BCUT2D eigenvalue weighted by Gasteiger charge is 2.33. The summed E-state index contributed by atoms with van der Waals surface area (Å²) in [5.74, 6) is -0.118. The van der Waals surface area contributed by atoms with Gasteiger partial charge in [-0.2, -0.15) is 0 Å². The van der Waals surface area contributed by atoms with E-state index < -0.39 is 0 Å². The summed E-state index contributed by atoms with van der Waals surface area (Å²) in [5, 5.41) is 3.03. The first-order valence-corrected chi connectivity index (χ1v) is 8.74. The molecular weight excluding hydrogens is 344 g/mol. The van der Waals surface area contributed by atoms with Gasteiger partial charge in [0.2, 0.25) is 0 Å². The first kappa shape index (κ1) is 18.6. The van der Waals surface area contributed by atoms with Crippen LogP contribution in [0.25, 0.3) is 0 Å². The molecule has 6 nitrogen and oxygen atoms in total. The summed E-state index contributed by atoms with van der Waals surface area (Å²) in [4.78, 5) is 38.0. The van der Waals surface area contributed by atoms with Crippen molar-refractivity contribution in [2.45, 2.75) is 19.9 Å². The monoisotopic (exact) mass is 366 g/mol. The van der Waals surface area contributed by atoms with Crippen molar-refractivity contribution in [1.82, 2.24) is 10.2 Å². The fraction of sp³-hybridized carbons (Fsp3) is 0.286. The van der Waals surface area contributed by atoms with Crippen LogP contribution >= 0.6 is 0 Å². The number of ether oxygens (including phenoxy) is 1. The second-order valence-corrected chi connectivity index (χ2v) is 6.90. The lowest BCUT2D eigenvalue weighted by molar-refractivity contribution is 0.0693. The molecule has 1 N–H and O–H groups in total. The fourth-order valence-electron chi connectivity index (χ4n) is 3.17. The zero-order chi connectivity index (χ0) is 19.7. The Morgan fingerprint density at radius 2 is 1.63 bits per heavy atom. The second kappa shape index (κ2) is 7.23. The molecule has 0 aliphatic carbocycles. The SMILES string of the molecule is COc1ccc(C(NC(=O)c2ccc3c(c2)C(=O)N(C)C3=O)C(C)C)cc1. The molecule has 3 rings (SSSR count). The molecule has 0 fully saturated rings. The van der Waals surface area contributed by atoms with Gasteiger partial charge in [-0.1, -0.05) is 26.0 Å². The Kier molecular flexibility index (Phi) is 4.99.